The summed E-state index contributed by atoms with van der Waals surface area (Å²) in [4.78, 5) is 3.49. The first-order valence-corrected chi connectivity index (χ1v) is 7.97. The predicted octanol–water partition coefficient (Wildman–Crippen LogP) is 2.02. The SMILES string of the molecule is CSc1ccc2c(c1)S(=O)(=O)CC(C)N2C. The molecule has 16 heavy (non-hydrogen) atoms. The Hall–Kier alpha value is -0.680. The van der Waals surface area contributed by atoms with E-state index in [1.54, 1.807) is 17.8 Å². The summed E-state index contributed by atoms with van der Waals surface area (Å²) in [6.07, 6.45) is 1.95. The zero-order chi connectivity index (χ0) is 11.9. The summed E-state index contributed by atoms with van der Waals surface area (Å²) in [6, 6.07) is 5.68. The average Bonchev–Trinajstić information content (AvgIpc) is 2.25. The minimum absolute atomic E-state index is 0.0395. The molecule has 0 radical (unpaired) electrons. The standard InChI is InChI=1S/C11H15NO2S2/c1-8-7-16(13,14)11-6-9(15-3)4-5-10(11)12(8)2/h4-6,8H,7H2,1-3H3. The number of hydrogen-bond donors (Lipinski definition) is 0. The van der Waals surface area contributed by atoms with Crippen LogP contribution in [-0.2, 0) is 9.84 Å². The quantitative estimate of drug-likeness (QED) is 0.721. The molecule has 0 bridgehead atoms. The molecule has 0 saturated carbocycles. The second kappa shape index (κ2) is 3.96. The van der Waals surface area contributed by atoms with E-state index in [0.717, 1.165) is 10.6 Å². The van der Waals surface area contributed by atoms with E-state index in [4.69, 9.17) is 0 Å². The number of anilines is 1. The molecule has 0 amide bonds. The third-order valence-corrected chi connectivity index (χ3v) is 5.65. The molecule has 88 valence electrons. The first-order chi connectivity index (χ1) is 7.45. The highest BCUT2D eigenvalue weighted by Gasteiger charge is 2.31. The van der Waals surface area contributed by atoms with Crippen molar-refractivity contribution in [2.75, 3.05) is 24.0 Å². The highest BCUT2D eigenvalue weighted by atomic mass is 32.2. The summed E-state index contributed by atoms with van der Waals surface area (Å²) in [5, 5.41) is 0. The molecule has 1 aromatic carbocycles. The molecule has 2 rings (SSSR count). The van der Waals surface area contributed by atoms with Gasteiger partial charge in [0.2, 0.25) is 0 Å². The van der Waals surface area contributed by atoms with Gasteiger partial charge in [0.05, 0.1) is 16.3 Å². The Morgan fingerprint density at radius 2 is 2.12 bits per heavy atom. The first-order valence-electron chi connectivity index (χ1n) is 5.09. The number of thioether (sulfide) groups is 1. The van der Waals surface area contributed by atoms with Gasteiger partial charge in [-0.3, -0.25) is 0 Å². The normalized spacial score (nSPS) is 22.9. The molecule has 1 aliphatic heterocycles. The zero-order valence-electron chi connectivity index (χ0n) is 9.60. The van der Waals surface area contributed by atoms with Crippen molar-refractivity contribution in [1.82, 2.24) is 0 Å². The van der Waals surface area contributed by atoms with Gasteiger partial charge in [-0.25, -0.2) is 8.42 Å². The molecule has 1 aliphatic rings. The number of hydrogen-bond acceptors (Lipinski definition) is 4. The number of sulfone groups is 1. The highest BCUT2D eigenvalue weighted by Crippen LogP contribution is 2.34. The molecular weight excluding hydrogens is 242 g/mol. The fourth-order valence-electron chi connectivity index (χ4n) is 1.92. The summed E-state index contributed by atoms with van der Waals surface area (Å²) < 4.78 is 24.1. The van der Waals surface area contributed by atoms with Gasteiger partial charge in [-0.2, -0.15) is 0 Å². The second-order valence-electron chi connectivity index (χ2n) is 4.07. The zero-order valence-corrected chi connectivity index (χ0v) is 11.2. The molecule has 3 nitrogen and oxygen atoms in total. The van der Waals surface area contributed by atoms with Crippen LogP contribution in [0.15, 0.2) is 28.0 Å². The van der Waals surface area contributed by atoms with Crippen molar-refractivity contribution in [1.29, 1.82) is 0 Å². The van der Waals surface area contributed by atoms with E-state index in [0.29, 0.717) is 4.90 Å². The van der Waals surface area contributed by atoms with Gasteiger partial charge in [0.25, 0.3) is 0 Å². The summed E-state index contributed by atoms with van der Waals surface area (Å²) >= 11 is 1.56. The molecule has 5 heteroatoms. The number of benzene rings is 1. The van der Waals surface area contributed by atoms with Crippen LogP contribution in [-0.4, -0.2) is 33.5 Å². The van der Waals surface area contributed by atoms with Gasteiger partial charge >= 0.3 is 0 Å². The van der Waals surface area contributed by atoms with Gasteiger partial charge in [-0.1, -0.05) is 0 Å². The van der Waals surface area contributed by atoms with Crippen molar-refractivity contribution >= 4 is 27.3 Å². The maximum absolute atomic E-state index is 12.1. The van der Waals surface area contributed by atoms with Crippen LogP contribution in [0.3, 0.4) is 0 Å². The lowest BCUT2D eigenvalue weighted by Crippen LogP contribution is -2.40. The maximum atomic E-state index is 12.1. The second-order valence-corrected chi connectivity index (χ2v) is 6.96. The molecule has 0 spiro atoms. The van der Waals surface area contributed by atoms with E-state index in [1.807, 2.05) is 37.3 Å². The van der Waals surface area contributed by atoms with E-state index in [9.17, 15) is 8.42 Å². The Bertz CT molecular complexity index is 511. The van der Waals surface area contributed by atoms with Gasteiger partial charge < -0.3 is 4.90 Å². The lowest BCUT2D eigenvalue weighted by Gasteiger charge is -2.33. The lowest BCUT2D eigenvalue weighted by atomic mass is 10.2. The van der Waals surface area contributed by atoms with Crippen LogP contribution in [0.1, 0.15) is 6.92 Å². The number of fused-ring (bicyclic) bond motifs is 1. The molecule has 1 heterocycles. The fraction of sp³-hybridized carbons (Fsp3) is 0.455. The van der Waals surface area contributed by atoms with Crippen LogP contribution in [0.25, 0.3) is 0 Å². The summed E-state index contributed by atoms with van der Waals surface area (Å²) in [5.41, 5.74) is 0.816. The van der Waals surface area contributed by atoms with Crippen molar-refractivity contribution in [3.05, 3.63) is 18.2 Å². The smallest absolute Gasteiger partial charge is 0.182 e. The van der Waals surface area contributed by atoms with Crippen LogP contribution in [0.2, 0.25) is 0 Å². The predicted molar refractivity (Wildman–Crippen MR) is 68.1 cm³/mol. The minimum atomic E-state index is -3.11. The van der Waals surface area contributed by atoms with Crippen LogP contribution >= 0.6 is 11.8 Å². The van der Waals surface area contributed by atoms with Gasteiger partial charge in [-0.15, -0.1) is 11.8 Å². The Balaban J connectivity index is 2.65. The lowest BCUT2D eigenvalue weighted by molar-refractivity contribution is 0.579. The Kier molecular flexibility index (Phi) is 2.92. The highest BCUT2D eigenvalue weighted by molar-refractivity contribution is 7.98. The molecule has 0 N–H and O–H groups in total. The van der Waals surface area contributed by atoms with E-state index in [1.165, 1.54) is 0 Å². The van der Waals surface area contributed by atoms with E-state index >= 15 is 0 Å². The summed E-state index contributed by atoms with van der Waals surface area (Å²) in [5.74, 6) is 0.203. The Morgan fingerprint density at radius 3 is 2.75 bits per heavy atom. The van der Waals surface area contributed by atoms with Crippen LogP contribution in [0, 0.1) is 0 Å². The largest absolute Gasteiger partial charge is 0.370 e. The molecule has 1 unspecified atom stereocenters. The van der Waals surface area contributed by atoms with E-state index in [2.05, 4.69) is 0 Å². The van der Waals surface area contributed by atoms with Gasteiger partial charge in [-0.05, 0) is 31.4 Å². The van der Waals surface area contributed by atoms with Gasteiger partial charge in [0.15, 0.2) is 9.84 Å². The molecule has 0 saturated heterocycles. The third kappa shape index (κ3) is 1.82. The van der Waals surface area contributed by atoms with Crippen molar-refractivity contribution in [2.45, 2.75) is 22.8 Å². The van der Waals surface area contributed by atoms with Crippen LogP contribution < -0.4 is 4.90 Å². The molecule has 0 fully saturated rings. The van der Waals surface area contributed by atoms with Crippen LogP contribution in [0.4, 0.5) is 5.69 Å². The molecular formula is C11H15NO2S2. The van der Waals surface area contributed by atoms with Crippen LogP contribution in [0.5, 0.6) is 0 Å². The summed E-state index contributed by atoms with van der Waals surface area (Å²) in [7, 11) is -1.17. The minimum Gasteiger partial charge on any atom is -0.370 e. The number of rotatable bonds is 1. The number of nitrogens with zero attached hydrogens (tertiary/aromatic N) is 1. The van der Waals surface area contributed by atoms with Crippen molar-refractivity contribution < 1.29 is 8.42 Å². The molecule has 1 aromatic rings. The Labute approximate surface area is 101 Å². The molecule has 1 atom stereocenters. The molecule has 0 aliphatic carbocycles. The summed E-state index contributed by atoms with van der Waals surface area (Å²) in [6.45, 7) is 1.93. The fourth-order valence-corrected chi connectivity index (χ4v) is 4.31. The van der Waals surface area contributed by atoms with Crippen molar-refractivity contribution in [2.24, 2.45) is 0 Å². The third-order valence-electron chi connectivity index (χ3n) is 3.00. The molecule has 0 aromatic heterocycles. The van der Waals surface area contributed by atoms with Gasteiger partial charge in [0, 0.05) is 18.0 Å². The average molecular weight is 257 g/mol. The monoisotopic (exact) mass is 257 g/mol. The van der Waals surface area contributed by atoms with E-state index < -0.39 is 9.84 Å². The van der Waals surface area contributed by atoms with Crippen molar-refractivity contribution in [3.8, 4) is 0 Å². The van der Waals surface area contributed by atoms with Gasteiger partial charge in [0.1, 0.15) is 0 Å². The van der Waals surface area contributed by atoms with E-state index in [-0.39, 0.29) is 11.8 Å². The first kappa shape index (κ1) is 11.8. The topological polar surface area (TPSA) is 37.4 Å². The Morgan fingerprint density at radius 1 is 1.44 bits per heavy atom. The van der Waals surface area contributed by atoms with Crippen molar-refractivity contribution in [3.63, 3.8) is 0 Å². The maximum Gasteiger partial charge on any atom is 0.182 e.